The molecule has 4 rings (SSSR count). The largest absolute Gasteiger partial charge is 0.465 e. The zero-order chi connectivity index (χ0) is 23.8. The summed E-state index contributed by atoms with van der Waals surface area (Å²) < 4.78 is 7.79. The summed E-state index contributed by atoms with van der Waals surface area (Å²) in [6.07, 6.45) is 2.06. The van der Waals surface area contributed by atoms with E-state index < -0.39 is 14.2 Å². The van der Waals surface area contributed by atoms with E-state index in [0.717, 1.165) is 29.1 Å². The number of imide groups is 1. The lowest BCUT2D eigenvalue weighted by molar-refractivity contribution is -0.133. The fraction of sp³-hybridized carbons (Fsp3) is 0.522. The van der Waals surface area contributed by atoms with Gasteiger partial charge in [0.25, 0.3) is 0 Å². The molecule has 3 heterocycles. The Morgan fingerprint density at radius 3 is 2.67 bits per heavy atom. The average molecular weight is 473 g/mol. The molecule has 178 valence electrons. The van der Waals surface area contributed by atoms with Crippen LogP contribution in [0.25, 0.3) is 10.9 Å². The molecule has 0 spiro atoms. The maximum Gasteiger partial charge on any atom is 0.407 e. The van der Waals surface area contributed by atoms with E-state index in [9.17, 15) is 19.5 Å². The van der Waals surface area contributed by atoms with Crippen LogP contribution in [0.5, 0.6) is 0 Å². The fourth-order valence-corrected chi connectivity index (χ4v) is 5.20. The molecule has 0 saturated carbocycles. The SMILES string of the molecule is C[Si](C)(C)CCOCN1C(=O)CCN(c2cccc3c2ccn3C2CCN(C(=O)O)C2)C1=O. The van der Waals surface area contributed by atoms with Gasteiger partial charge >= 0.3 is 12.1 Å². The molecular weight excluding hydrogens is 440 g/mol. The molecule has 2 saturated heterocycles. The van der Waals surface area contributed by atoms with Crippen molar-refractivity contribution in [1.29, 1.82) is 0 Å². The summed E-state index contributed by atoms with van der Waals surface area (Å²) >= 11 is 0. The van der Waals surface area contributed by atoms with Gasteiger partial charge in [0.05, 0.1) is 17.2 Å². The standard InChI is InChI=1S/C23H32N4O5Si/c1-33(2,3)14-13-32-16-27-21(28)9-12-26(22(27)29)20-6-4-5-19-18(20)8-11-25(19)17-7-10-24(15-17)23(30)31/h4-6,8,11,17H,7,9-10,12-16H2,1-3H3,(H,30,31). The molecule has 1 aromatic carbocycles. The summed E-state index contributed by atoms with van der Waals surface area (Å²) in [7, 11) is -1.26. The van der Waals surface area contributed by atoms with E-state index in [2.05, 4.69) is 24.2 Å². The first-order valence-corrected chi connectivity index (χ1v) is 15.1. The minimum Gasteiger partial charge on any atom is -0.465 e. The van der Waals surface area contributed by atoms with E-state index >= 15 is 0 Å². The van der Waals surface area contributed by atoms with Gasteiger partial charge in [0, 0.05) is 52.3 Å². The number of carbonyl (C=O) groups is 3. The van der Waals surface area contributed by atoms with Gasteiger partial charge in [0.1, 0.15) is 6.73 Å². The third-order valence-electron chi connectivity index (χ3n) is 6.39. The normalized spacial score (nSPS) is 19.7. The molecule has 33 heavy (non-hydrogen) atoms. The number of benzene rings is 1. The van der Waals surface area contributed by atoms with Crippen LogP contribution in [0.4, 0.5) is 15.3 Å². The Kier molecular flexibility index (Phi) is 6.49. The number of likely N-dealkylation sites (tertiary alicyclic amines) is 1. The fourth-order valence-electron chi connectivity index (χ4n) is 4.44. The number of carbonyl (C=O) groups excluding carboxylic acids is 2. The van der Waals surface area contributed by atoms with Gasteiger partial charge in [-0.15, -0.1) is 0 Å². The summed E-state index contributed by atoms with van der Waals surface area (Å²) in [5.74, 6) is -0.214. The van der Waals surface area contributed by atoms with Gasteiger partial charge in [-0.3, -0.25) is 9.69 Å². The van der Waals surface area contributed by atoms with Crippen LogP contribution in [0.15, 0.2) is 30.5 Å². The molecule has 1 atom stereocenters. The lowest BCUT2D eigenvalue weighted by atomic mass is 10.1. The van der Waals surface area contributed by atoms with E-state index in [0.29, 0.717) is 26.2 Å². The predicted molar refractivity (Wildman–Crippen MR) is 128 cm³/mol. The molecule has 10 heteroatoms. The summed E-state index contributed by atoms with van der Waals surface area (Å²) in [4.78, 5) is 41.3. The molecule has 9 nitrogen and oxygen atoms in total. The van der Waals surface area contributed by atoms with Crippen LogP contribution in [-0.4, -0.2) is 78.6 Å². The predicted octanol–water partition coefficient (Wildman–Crippen LogP) is 4.04. The number of nitrogens with zero attached hydrogens (tertiary/aromatic N) is 4. The van der Waals surface area contributed by atoms with Crippen molar-refractivity contribution in [3.8, 4) is 0 Å². The number of aromatic nitrogens is 1. The zero-order valence-electron chi connectivity index (χ0n) is 19.5. The number of urea groups is 1. The first-order chi connectivity index (χ1) is 15.7. The van der Waals surface area contributed by atoms with Crippen LogP contribution in [0.2, 0.25) is 25.7 Å². The van der Waals surface area contributed by atoms with Crippen molar-refractivity contribution in [3.63, 3.8) is 0 Å². The molecule has 1 unspecified atom stereocenters. The highest BCUT2D eigenvalue weighted by Crippen LogP contribution is 2.34. The van der Waals surface area contributed by atoms with Crippen molar-refractivity contribution in [2.45, 2.75) is 44.6 Å². The van der Waals surface area contributed by atoms with Gasteiger partial charge in [-0.05, 0) is 30.7 Å². The Morgan fingerprint density at radius 1 is 1.18 bits per heavy atom. The lowest BCUT2D eigenvalue weighted by Gasteiger charge is -2.34. The van der Waals surface area contributed by atoms with Gasteiger partial charge in [-0.25, -0.2) is 14.5 Å². The minimum atomic E-state index is -1.26. The number of anilines is 1. The number of rotatable bonds is 7. The second kappa shape index (κ2) is 9.18. The number of hydrogen-bond acceptors (Lipinski definition) is 4. The number of fused-ring (bicyclic) bond motifs is 1. The van der Waals surface area contributed by atoms with E-state index in [-0.39, 0.29) is 31.1 Å². The molecule has 2 aromatic rings. The van der Waals surface area contributed by atoms with Crippen LogP contribution in [0.1, 0.15) is 18.9 Å². The average Bonchev–Trinajstić information content (AvgIpc) is 3.39. The van der Waals surface area contributed by atoms with Crippen LogP contribution in [0.3, 0.4) is 0 Å². The van der Waals surface area contributed by atoms with Crippen molar-refractivity contribution >= 4 is 42.7 Å². The molecule has 0 aliphatic carbocycles. The first kappa shape index (κ1) is 23.3. The molecule has 0 radical (unpaired) electrons. The Bertz CT molecular complexity index is 1060. The lowest BCUT2D eigenvalue weighted by Crippen LogP contribution is -2.53. The molecule has 2 fully saturated rings. The quantitative estimate of drug-likeness (QED) is 0.485. The highest BCUT2D eigenvalue weighted by molar-refractivity contribution is 6.76. The third-order valence-corrected chi connectivity index (χ3v) is 8.09. The molecular formula is C23H32N4O5Si. The molecule has 1 aromatic heterocycles. The van der Waals surface area contributed by atoms with E-state index in [4.69, 9.17) is 4.74 Å². The van der Waals surface area contributed by atoms with E-state index in [1.807, 2.05) is 30.5 Å². The third kappa shape index (κ3) is 4.91. The number of ether oxygens (including phenoxy) is 1. The minimum absolute atomic E-state index is 0.0251. The van der Waals surface area contributed by atoms with Crippen LogP contribution < -0.4 is 4.90 Å². The molecule has 4 amide bonds. The maximum absolute atomic E-state index is 13.2. The van der Waals surface area contributed by atoms with Gasteiger partial charge in [-0.1, -0.05) is 25.7 Å². The second-order valence-corrected chi connectivity index (χ2v) is 15.6. The molecule has 0 bridgehead atoms. The summed E-state index contributed by atoms with van der Waals surface area (Å²) in [5.41, 5.74) is 1.70. The Hall–Kier alpha value is -2.85. The van der Waals surface area contributed by atoms with Gasteiger partial charge < -0.3 is 19.3 Å². The first-order valence-electron chi connectivity index (χ1n) is 11.4. The van der Waals surface area contributed by atoms with Crippen LogP contribution >= 0.6 is 0 Å². The molecule has 1 N–H and O–H groups in total. The van der Waals surface area contributed by atoms with Crippen molar-refractivity contribution in [3.05, 3.63) is 30.5 Å². The monoisotopic (exact) mass is 472 g/mol. The van der Waals surface area contributed by atoms with Gasteiger partial charge in [0.2, 0.25) is 5.91 Å². The highest BCUT2D eigenvalue weighted by Gasteiger charge is 2.34. The Morgan fingerprint density at radius 2 is 1.97 bits per heavy atom. The number of carboxylic acid groups (broad SMARTS) is 1. The van der Waals surface area contributed by atoms with Gasteiger partial charge in [0.15, 0.2) is 0 Å². The summed E-state index contributed by atoms with van der Waals surface area (Å²) in [5, 5.41) is 10.2. The number of hydrogen-bond donors (Lipinski definition) is 1. The second-order valence-electron chi connectivity index (χ2n) is 9.96. The summed E-state index contributed by atoms with van der Waals surface area (Å²) in [6, 6.07) is 8.41. The molecule has 2 aliphatic rings. The van der Waals surface area contributed by atoms with Crippen LogP contribution in [0, 0.1) is 0 Å². The van der Waals surface area contributed by atoms with Gasteiger partial charge in [-0.2, -0.15) is 0 Å². The topological polar surface area (TPSA) is 95.3 Å². The van der Waals surface area contributed by atoms with Crippen molar-refractivity contribution in [2.75, 3.05) is 37.9 Å². The van der Waals surface area contributed by atoms with Crippen molar-refractivity contribution in [1.82, 2.24) is 14.4 Å². The highest BCUT2D eigenvalue weighted by atomic mass is 28.3. The van der Waals surface area contributed by atoms with E-state index in [1.54, 1.807) is 4.90 Å². The van der Waals surface area contributed by atoms with Crippen molar-refractivity contribution in [2.24, 2.45) is 0 Å². The summed E-state index contributed by atoms with van der Waals surface area (Å²) in [6.45, 7) is 8.57. The smallest absolute Gasteiger partial charge is 0.407 e. The Balaban J connectivity index is 1.52. The van der Waals surface area contributed by atoms with Crippen molar-refractivity contribution < 1.29 is 24.2 Å². The zero-order valence-corrected chi connectivity index (χ0v) is 20.5. The number of amides is 4. The van der Waals surface area contributed by atoms with E-state index in [1.165, 1.54) is 9.80 Å². The maximum atomic E-state index is 13.2. The Labute approximate surface area is 194 Å². The van der Waals surface area contributed by atoms with Crippen LogP contribution in [-0.2, 0) is 9.53 Å². The molecule has 2 aliphatic heterocycles.